The van der Waals surface area contributed by atoms with Crippen molar-refractivity contribution in [1.29, 1.82) is 0 Å². The number of nitrogens with zero attached hydrogens (tertiary/aromatic N) is 6. The minimum Gasteiger partial charge on any atom is -0.366 e. The van der Waals surface area contributed by atoms with Crippen LogP contribution in [0.5, 0.6) is 0 Å². The lowest BCUT2D eigenvalue weighted by Gasteiger charge is -2.18. The summed E-state index contributed by atoms with van der Waals surface area (Å²) < 4.78 is 0. The van der Waals surface area contributed by atoms with Crippen molar-refractivity contribution in [3.05, 3.63) is 188 Å². The number of benzene rings is 4. The lowest BCUT2D eigenvalue weighted by molar-refractivity contribution is 0.753. The van der Waals surface area contributed by atoms with Gasteiger partial charge in [-0.25, -0.2) is 9.97 Å². The van der Waals surface area contributed by atoms with Gasteiger partial charge >= 0.3 is 0 Å². The van der Waals surface area contributed by atoms with E-state index in [-0.39, 0.29) is 6.04 Å². The Morgan fingerprint density at radius 3 is 1.37 bits per heavy atom. The van der Waals surface area contributed by atoms with Gasteiger partial charge in [0.1, 0.15) is 22.9 Å². The third-order valence-electron chi connectivity index (χ3n) is 10.2. The first kappa shape index (κ1) is 33.8. The summed E-state index contributed by atoms with van der Waals surface area (Å²) in [4.78, 5) is 35.5. The number of hydrogen-bond acceptors (Lipinski definition) is 7. The molecular weight excluding hydrogens is 703 g/mol. The molecule has 9 aromatic rings. The fourth-order valence-corrected chi connectivity index (χ4v) is 7.53. The van der Waals surface area contributed by atoms with E-state index < -0.39 is 0 Å². The number of aromatic nitrogens is 7. The van der Waals surface area contributed by atoms with Gasteiger partial charge in [0.2, 0.25) is 0 Å². The molecule has 9 heteroatoms. The predicted octanol–water partition coefficient (Wildman–Crippen LogP) is 10.1. The van der Waals surface area contributed by atoms with Crippen molar-refractivity contribution in [1.82, 2.24) is 40.2 Å². The van der Waals surface area contributed by atoms with Crippen LogP contribution in [-0.2, 0) is 0 Å². The Morgan fingerprint density at radius 1 is 0.421 bits per heavy atom. The van der Waals surface area contributed by atoms with Gasteiger partial charge in [-0.15, -0.1) is 0 Å². The molecule has 1 unspecified atom stereocenters. The fraction of sp³-hybridized carbons (Fsp3) is 0.0417. The van der Waals surface area contributed by atoms with Crippen molar-refractivity contribution in [2.24, 2.45) is 4.99 Å². The average molecular weight is 738 g/mol. The maximum absolute atomic E-state index is 5.15. The maximum Gasteiger partial charge on any atom is 0.156 e. The van der Waals surface area contributed by atoms with Gasteiger partial charge in [-0.05, 0) is 93.5 Å². The van der Waals surface area contributed by atoms with Crippen LogP contribution < -0.4 is 5.32 Å². The number of aromatic amines is 2. The molecular formula is C48H35N9. The molecule has 0 radical (unpaired) electrons. The lowest BCUT2D eigenvalue weighted by atomic mass is 9.87. The van der Waals surface area contributed by atoms with Crippen LogP contribution in [-0.4, -0.2) is 47.3 Å². The summed E-state index contributed by atoms with van der Waals surface area (Å²) in [7, 11) is 0. The van der Waals surface area contributed by atoms with E-state index in [9.17, 15) is 0 Å². The van der Waals surface area contributed by atoms with Crippen molar-refractivity contribution < 1.29 is 0 Å². The summed E-state index contributed by atoms with van der Waals surface area (Å²) in [6.07, 6.45) is 9.28. The van der Waals surface area contributed by atoms with Crippen LogP contribution in [0.4, 0.5) is 0 Å². The van der Waals surface area contributed by atoms with Crippen LogP contribution in [0, 0.1) is 0 Å². The van der Waals surface area contributed by atoms with Crippen LogP contribution in [0.25, 0.3) is 78.9 Å². The van der Waals surface area contributed by atoms with E-state index in [0.717, 1.165) is 96.0 Å². The smallest absolute Gasteiger partial charge is 0.156 e. The quantitative estimate of drug-likeness (QED) is 0.136. The van der Waals surface area contributed by atoms with Gasteiger partial charge in [0, 0.05) is 48.7 Å². The molecule has 1 aliphatic heterocycles. The molecule has 5 aromatic heterocycles. The molecule has 0 aliphatic carbocycles. The van der Waals surface area contributed by atoms with E-state index in [4.69, 9.17) is 15.0 Å². The molecule has 9 nitrogen and oxygen atoms in total. The third kappa shape index (κ3) is 6.68. The topological polar surface area (TPSA) is 120 Å². The van der Waals surface area contributed by atoms with Crippen molar-refractivity contribution in [2.75, 3.05) is 6.54 Å². The Labute approximate surface area is 329 Å². The molecule has 0 saturated carbocycles. The molecule has 0 spiro atoms. The normalized spacial score (nSPS) is 13.6. The standard InChI is InChI=1S/C48H35N9/c1-4-16-37(43-28-52-46(55-43)40-19-7-10-22-49-40)34(13-1)31-25-32(35-14-2-5-17-38(35)44-29-53-47(56-44)41-20-8-11-23-50-41)27-33(26-31)36-15-3-6-18-39(36)45-30-54-48(57-45)42-21-9-12-24-51-42/h1-29,45H,30H2,(H,52,55)(H,53,56)(H,54,57). The molecule has 10 rings (SSSR count). The maximum atomic E-state index is 5.15. The average Bonchev–Trinajstić information content (AvgIpc) is 4.10. The van der Waals surface area contributed by atoms with Gasteiger partial charge in [-0.3, -0.25) is 19.9 Å². The summed E-state index contributed by atoms with van der Waals surface area (Å²) in [6.45, 7) is 0.677. The number of rotatable bonds is 9. The van der Waals surface area contributed by atoms with Crippen LogP contribution >= 0.6 is 0 Å². The van der Waals surface area contributed by atoms with Crippen LogP contribution in [0.3, 0.4) is 0 Å². The van der Waals surface area contributed by atoms with Crippen LogP contribution in [0.2, 0.25) is 0 Å². The van der Waals surface area contributed by atoms with Crippen molar-refractivity contribution in [2.45, 2.75) is 6.04 Å². The second-order valence-corrected chi connectivity index (χ2v) is 13.8. The Balaban J connectivity index is 1.13. The number of pyridine rings is 3. The number of aliphatic imine (C=N–C) groups is 1. The van der Waals surface area contributed by atoms with E-state index >= 15 is 0 Å². The van der Waals surface area contributed by atoms with Gasteiger partial charge in [0.25, 0.3) is 0 Å². The molecule has 0 saturated heterocycles. The molecule has 6 heterocycles. The van der Waals surface area contributed by atoms with Gasteiger partial charge in [0.05, 0.1) is 17.4 Å². The number of nitrogens with one attached hydrogen (secondary N) is 3. The van der Waals surface area contributed by atoms with E-state index in [0.29, 0.717) is 6.54 Å². The lowest BCUT2D eigenvalue weighted by Crippen LogP contribution is -2.21. The molecule has 272 valence electrons. The predicted molar refractivity (Wildman–Crippen MR) is 226 cm³/mol. The number of H-pyrrole nitrogens is 2. The highest BCUT2D eigenvalue weighted by atomic mass is 15.1. The zero-order valence-electron chi connectivity index (χ0n) is 30.7. The molecule has 4 aromatic carbocycles. The molecule has 0 fully saturated rings. The number of imidazole rings is 2. The van der Waals surface area contributed by atoms with Crippen LogP contribution in [0.15, 0.2) is 182 Å². The van der Waals surface area contributed by atoms with Gasteiger partial charge in [-0.1, -0.05) is 91.0 Å². The Kier molecular flexibility index (Phi) is 8.77. The molecule has 0 amide bonds. The zero-order chi connectivity index (χ0) is 38.0. The highest BCUT2D eigenvalue weighted by Gasteiger charge is 2.24. The molecule has 3 N–H and O–H groups in total. The first-order chi connectivity index (χ1) is 28.2. The second-order valence-electron chi connectivity index (χ2n) is 13.8. The molecule has 57 heavy (non-hydrogen) atoms. The molecule has 1 aliphatic rings. The second kappa shape index (κ2) is 14.8. The fourth-order valence-electron chi connectivity index (χ4n) is 7.53. The summed E-state index contributed by atoms with van der Waals surface area (Å²) in [5.41, 5.74) is 13.7. The zero-order valence-corrected chi connectivity index (χ0v) is 30.7. The van der Waals surface area contributed by atoms with Crippen molar-refractivity contribution in [3.63, 3.8) is 0 Å². The van der Waals surface area contributed by atoms with E-state index in [1.807, 2.05) is 67.0 Å². The Hall–Kier alpha value is -7.78. The highest BCUT2D eigenvalue weighted by molar-refractivity contribution is 5.98. The van der Waals surface area contributed by atoms with E-state index in [1.165, 1.54) is 0 Å². The Morgan fingerprint density at radius 2 is 0.860 bits per heavy atom. The van der Waals surface area contributed by atoms with Gasteiger partial charge in [0.15, 0.2) is 11.6 Å². The summed E-state index contributed by atoms with van der Waals surface area (Å²) in [5.74, 6) is 2.25. The van der Waals surface area contributed by atoms with Gasteiger partial charge < -0.3 is 15.3 Å². The highest BCUT2D eigenvalue weighted by Crippen LogP contribution is 2.42. The summed E-state index contributed by atoms with van der Waals surface area (Å²) >= 11 is 0. The van der Waals surface area contributed by atoms with Gasteiger partial charge in [-0.2, -0.15) is 0 Å². The first-order valence-electron chi connectivity index (χ1n) is 18.9. The monoisotopic (exact) mass is 737 g/mol. The van der Waals surface area contributed by atoms with Crippen molar-refractivity contribution >= 4 is 5.84 Å². The van der Waals surface area contributed by atoms with Crippen molar-refractivity contribution in [3.8, 4) is 78.9 Å². The SMILES string of the molecule is c1ccc(C2=NC(c3ccccc3-c3cc(-c4ccccc4-c4c[nH]c(-c5ccccn5)n4)cc(-c4ccccc4-c4c[nH]c(-c5ccccn5)n4)c3)CN2)nc1. The minimum atomic E-state index is -0.0898. The third-order valence-corrected chi connectivity index (χ3v) is 10.2. The molecule has 0 bridgehead atoms. The number of hydrogen-bond donors (Lipinski definition) is 3. The largest absolute Gasteiger partial charge is 0.366 e. The number of amidine groups is 1. The first-order valence-corrected chi connectivity index (χ1v) is 18.9. The van der Waals surface area contributed by atoms with Crippen LogP contribution in [0.1, 0.15) is 17.3 Å². The van der Waals surface area contributed by atoms with E-state index in [1.54, 1.807) is 18.6 Å². The minimum absolute atomic E-state index is 0.0898. The molecule has 1 atom stereocenters. The summed E-state index contributed by atoms with van der Waals surface area (Å²) in [5, 5.41) is 3.51. The summed E-state index contributed by atoms with van der Waals surface area (Å²) in [6, 6.07) is 49.8. The van der Waals surface area contributed by atoms with E-state index in [2.05, 4.69) is 121 Å². The Bertz CT molecular complexity index is 2720.